The second kappa shape index (κ2) is 8.13. The maximum Gasteiger partial charge on any atom is 0.308 e. The fourth-order valence-electron chi connectivity index (χ4n) is 2.99. The summed E-state index contributed by atoms with van der Waals surface area (Å²) in [4.78, 5) is 25.7. The lowest BCUT2D eigenvalue weighted by molar-refractivity contribution is -0.148. The number of esters is 1. The van der Waals surface area contributed by atoms with Gasteiger partial charge in [0.05, 0.1) is 13.0 Å². The van der Waals surface area contributed by atoms with Crippen LogP contribution in [0.4, 0.5) is 10.1 Å². The minimum absolute atomic E-state index is 0.0549. The number of amides is 1. The average Bonchev–Trinajstić information content (AvgIpc) is 2.57. The Labute approximate surface area is 142 Å². The summed E-state index contributed by atoms with van der Waals surface area (Å²) < 4.78 is 18.0. The number of carbonyl (C=O) groups is 2. The first-order valence-electron chi connectivity index (χ1n) is 8.29. The quantitative estimate of drug-likeness (QED) is 0.840. The number of hydrogen-bond acceptors (Lipinski definition) is 4. The van der Waals surface area contributed by atoms with Crippen LogP contribution in [0.3, 0.4) is 0 Å². The van der Waals surface area contributed by atoms with E-state index in [1.807, 2.05) is 6.92 Å². The number of methoxy groups -OCH3 is 1. The number of benzene rings is 1. The molecule has 1 unspecified atom stereocenters. The van der Waals surface area contributed by atoms with Gasteiger partial charge in [0.25, 0.3) is 0 Å². The Bertz CT molecular complexity index is 598. The molecule has 0 aromatic heterocycles. The zero-order valence-corrected chi connectivity index (χ0v) is 14.5. The van der Waals surface area contributed by atoms with E-state index in [-0.39, 0.29) is 29.7 Å². The molecule has 132 valence electrons. The van der Waals surface area contributed by atoms with Crippen LogP contribution in [0.25, 0.3) is 0 Å². The Morgan fingerprint density at radius 2 is 2.04 bits per heavy atom. The number of anilines is 1. The zero-order chi connectivity index (χ0) is 17.7. The number of ether oxygens (including phenoxy) is 1. The summed E-state index contributed by atoms with van der Waals surface area (Å²) in [6.07, 6.45) is 1.66. The lowest BCUT2D eigenvalue weighted by Crippen LogP contribution is -2.42. The fourth-order valence-corrected chi connectivity index (χ4v) is 2.99. The SMILES string of the molecule is COC(=O)C1CCN(C(=O)CC(C)Nc2ccc(F)c(C)c2)CC1. The number of hydrogen-bond donors (Lipinski definition) is 1. The number of likely N-dealkylation sites (tertiary alicyclic amines) is 1. The van der Waals surface area contributed by atoms with Crippen LogP contribution in [0.2, 0.25) is 0 Å². The lowest BCUT2D eigenvalue weighted by atomic mass is 9.96. The van der Waals surface area contributed by atoms with E-state index in [2.05, 4.69) is 5.32 Å². The third kappa shape index (κ3) is 4.69. The van der Waals surface area contributed by atoms with E-state index in [9.17, 15) is 14.0 Å². The van der Waals surface area contributed by atoms with Gasteiger partial charge in [-0.2, -0.15) is 0 Å². The molecule has 1 N–H and O–H groups in total. The van der Waals surface area contributed by atoms with E-state index < -0.39 is 0 Å². The molecule has 6 heteroatoms. The molecule has 5 nitrogen and oxygen atoms in total. The minimum atomic E-state index is -0.238. The van der Waals surface area contributed by atoms with Crippen molar-refractivity contribution >= 4 is 17.6 Å². The largest absolute Gasteiger partial charge is 0.469 e. The molecule has 0 saturated carbocycles. The molecule has 1 amide bonds. The predicted octanol–water partition coefficient (Wildman–Crippen LogP) is 2.74. The van der Waals surface area contributed by atoms with E-state index in [0.29, 0.717) is 37.9 Å². The van der Waals surface area contributed by atoms with E-state index in [1.54, 1.807) is 24.0 Å². The molecule has 1 fully saturated rings. The number of halogens is 1. The van der Waals surface area contributed by atoms with Crippen LogP contribution in [0, 0.1) is 18.7 Å². The molecule has 24 heavy (non-hydrogen) atoms. The average molecular weight is 336 g/mol. The van der Waals surface area contributed by atoms with Crippen molar-refractivity contribution < 1.29 is 18.7 Å². The van der Waals surface area contributed by atoms with Gasteiger partial charge in [0, 0.05) is 31.2 Å². The number of piperidine rings is 1. The van der Waals surface area contributed by atoms with Crippen LogP contribution in [0.5, 0.6) is 0 Å². The van der Waals surface area contributed by atoms with Crippen molar-refractivity contribution in [2.24, 2.45) is 5.92 Å². The Hall–Kier alpha value is -2.11. The highest BCUT2D eigenvalue weighted by atomic mass is 19.1. The van der Waals surface area contributed by atoms with Crippen LogP contribution < -0.4 is 5.32 Å². The monoisotopic (exact) mass is 336 g/mol. The zero-order valence-electron chi connectivity index (χ0n) is 14.5. The van der Waals surface area contributed by atoms with Gasteiger partial charge >= 0.3 is 5.97 Å². The van der Waals surface area contributed by atoms with Gasteiger partial charge in [-0.1, -0.05) is 0 Å². The first kappa shape index (κ1) is 18.2. The number of rotatable bonds is 5. The van der Waals surface area contributed by atoms with Gasteiger partial charge in [0.1, 0.15) is 5.82 Å². The smallest absolute Gasteiger partial charge is 0.308 e. The van der Waals surface area contributed by atoms with Crippen LogP contribution in [-0.4, -0.2) is 43.0 Å². The molecule has 1 aliphatic rings. The first-order chi connectivity index (χ1) is 11.4. The Balaban J connectivity index is 1.81. The summed E-state index contributed by atoms with van der Waals surface area (Å²) in [5.74, 6) is -0.462. The Morgan fingerprint density at radius 3 is 2.62 bits per heavy atom. The Morgan fingerprint density at radius 1 is 1.38 bits per heavy atom. The van der Waals surface area contributed by atoms with Crippen molar-refractivity contribution in [3.05, 3.63) is 29.6 Å². The number of aryl methyl sites for hydroxylation is 1. The van der Waals surface area contributed by atoms with Crippen molar-refractivity contribution in [3.63, 3.8) is 0 Å². The summed E-state index contributed by atoms with van der Waals surface area (Å²) in [6, 6.07) is 4.77. The molecule has 1 saturated heterocycles. The maximum atomic E-state index is 13.3. The number of nitrogens with one attached hydrogen (secondary N) is 1. The number of carbonyl (C=O) groups excluding carboxylic acids is 2. The van der Waals surface area contributed by atoms with E-state index >= 15 is 0 Å². The standard InChI is InChI=1S/C18H25FN2O3/c1-12-10-15(4-5-16(12)19)20-13(2)11-17(22)21-8-6-14(7-9-21)18(23)24-3/h4-5,10,13-14,20H,6-9,11H2,1-3H3. The maximum absolute atomic E-state index is 13.3. The van der Waals surface area contributed by atoms with Crippen molar-refractivity contribution in [1.29, 1.82) is 0 Å². The Kier molecular flexibility index (Phi) is 6.17. The van der Waals surface area contributed by atoms with E-state index in [0.717, 1.165) is 5.69 Å². The third-order valence-corrected chi connectivity index (χ3v) is 4.43. The van der Waals surface area contributed by atoms with Gasteiger partial charge in [-0.15, -0.1) is 0 Å². The molecule has 1 atom stereocenters. The first-order valence-corrected chi connectivity index (χ1v) is 8.29. The molecular formula is C18H25FN2O3. The van der Waals surface area contributed by atoms with Crippen LogP contribution in [-0.2, 0) is 14.3 Å². The van der Waals surface area contributed by atoms with Crippen LogP contribution in [0.15, 0.2) is 18.2 Å². The van der Waals surface area contributed by atoms with Gasteiger partial charge in [0.2, 0.25) is 5.91 Å². The van der Waals surface area contributed by atoms with Crippen molar-refractivity contribution in [3.8, 4) is 0 Å². The molecular weight excluding hydrogens is 311 g/mol. The second-order valence-corrected chi connectivity index (χ2v) is 6.39. The van der Waals surface area contributed by atoms with E-state index in [1.165, 1.54) is 13.2 Å². The van der Waals surface area contributed by atoms with Crippen LogP contribution in [0.1, 0.15) is 31.7 Å². The topological polar surface area (TPSA) is 58.6 Å². The van der Waals surface area contributed by atoms with Gasteiger partial charge in [-0.25, -0.2) is 4.39 Å². The molecule has 1 aliphatic heterocycles. The summed E-state index contributed by atoms with van der Waals surface area (Å²) in [5.41, 5.74) is 1.38. The van der Waals surface area contributed by atoms with E-state index in [4.69, 9.17) is 4.74 Å². The number of nitrogens with zero attached hydrogens (tertiary/aromatic N) is 1. The highest BCUT2D eigenvalue weighted by molar-refractivity contribution is 5.78. The second-order valence-electron chi connectivity index (χ2n) is 6.39. The minimum Gasteiger partial charge on any atom is -0.469 e. The van der Waals surface area contributed by atoms with Gasteiger partial charge in [-0.3, -0.25) is 9.59 Å². The molecule has 1 aromatic carbocycles. The predicted molar refractivity (Wildman–Crippen MR) is 90.2 cm³/mol. The van der Waals surface area contributed by atoms with Crippen LogP contribution >= 0.6 is 0 Å². The molecule has 1 heterocycles. The highest BCUT2D eigenvalue weighted by Gasteiger charge is 2.28. The van der Waals surface area contributed by atoms with Gasteiger partial charge in [-0.05, 0) is 50.5 Å². The lowest BCUT2D eigenvalue weighted by Gasteiger charge is -2.31. The summed E-state index contributed by atoms with van der Waals surface area (Å²) in [7, 11) is 1.39. The van der Waals surface area contributed by atoms with Gasteiger partial charge in [0.15, 0.2) is 0 Å². The van der Waals surface area contributed by atoms with Gasteiger partial charge < -0.3 is 15.0 Å². The molecule has 1 aromatic rings. The third-order valence-electron chi connectivity index (χ3n) is 4.43. The molecule has 0 spiro atoms. The molecule has 0 bridgehead atoms. The van der Waals surface area contributed by atoms with Crippen molar-refractivity contribution in [1.82, 2.24) is 4.90 Å². The van der Waals surface area contributed by atoms with Crippen molar-refractivity contribution in [2.75, 3.05) is 25.5 Å². The molecule has 2 rings (SSSR count). The fraction of sp³-hybridized carbons (Fsp3) is 0.556. The molecule has 0 radical (unpaired) electrons. The normalized spacial score (nSPS) is 16.6. The molecule has 0 aliphatic carbocycles. The van der Waals surface area contributed by atoms with Crippen molar-refractivity contribution in [2.45, 2.75) is 39.2 Å². The highest BCUT2D eigenvalue weighted by Crippen LogP contribution is 2.20. The summed E-state index contributed by atoms with van der Waals surface area (Å²) in [6.45, 7) is 4.81. The summed E-state index contributed by atoms with van der Waals surface area (Å²) in [5, 5.41) is 3.23. The summed E-state index contributed by atoms with van der Waals surface area (Å²) >= 11 is 0.